The largest absolute Gasteiger partial charge is 1.00 e. The fourth-order valence-corrected chi connectivity index (χ4v) is 2.70. The van der Waals surface area contributed by atoms with E-state index in [1.165, 1.54) is 25.7 Å². The maximum atomic E-state index is 11.3. The van der Waals surface area contributed by atoms with E-state index >= 15 is 0 Å². The fourth-order valence-electron chi connectivity index (χ4n) is 2.41. The SMILES string of the molecule is CCCCC/C=C\C/C=C\CCCCCCCC(=O)OCCS(=O)(=O)[O-].[Na+]. The van der Waals surface area contributed by atoms with Crippen LogP contribution in [0, 0.1) is 0 Å². The van der Waals surface area contributed by atoms with Crippen molar-refractivity contribution in [1.29, 1.82) is 0 Å². The molecule has 0 bridgehead atoms. The van der Waals surface area contributed by atoms with Crippen LogP contribution in [0.3, 0.4) is 0 Å². The van der Waals surface area contributed by atoms with Crippen LogP contribution >= 0.6 is 0 Å². The van der Waals surface area contributed by atoms with Crippen molar-refractivity contribution in [2.24, 2.45) is 0 Å². The maximum absolute atomic E-state index is 11.3. The molecule has 0 aromatic rings. The smallest absolute Gasteiger partial charge is 0.748 e. The summed E-state index contributed by atoms with van der Waals surface area (Å²) >= 11 is 0. The summed E-state index contributed by atoms with van der Waals surface area (Å²) in [7, 11) is -4.31. The normalized spacial score (nSPS) is 11.8. The first-order chi connectivity index (χ1) is 12.5. The first kappa shape index (κ1) is 29.1. The third-order valence-electron chi connectivity index (χ3n) is 3.93. The monoisotopic (exact) mass is 410 g/mol. The fraction of sp³-hybridized carbons (Fsp3) is 0.750. The molecule has 0 aromatic carbocycles. The van der Waals surface area contributed by atoms with Crippen molar-refractivity contribution in [1.82, 2.24) is 0 Å². The van der Waals surface area contributed by atoms with Gasteiger partial charge in [-0.1, -0.05) is 63.3 Å². The quantitative estimate of drug-likeness (QED) is 0.120. The van der Waals surface area contributed by atoms with E-state index in [0.29, 0.717) is 0 Å². The molecule has 0 aliphatic heterocycles. The van der Waals surface area contributed by atoms with Crippen LogP contribution in [-0.4, -0.2) is 31.3 Å². The number of carbonyl (C=O) groups excluding carboxylic acids is 1. The van der Waals surface area contributed by atoms with Gasteiger partial charge in [-0.2, -0.15) is 0 Å². The minimum absolute atomic E-state index is 0. The number of allylic oxidation sites excluding steroid dienone is 4. The van der Waals surface area contributed by atoms with Gasteiger partial charge in [-0.3, -0.25) is 4.79 Å². The van der Waals surface area contributed by atoms with E-state index < -0.39 is 21.8 Å². The molecule has 0 N–H and O–H groups in total. The number of unbranched alkanes of at least 4 members (excludes halogenated alkanes) is 8. The number of hydrogen-bond acceptors (Lipinski definition) is 5. The molecular weight excluding hydrogens is 375 g/mol. The molecule has 5 nitrogen and oxygen atoms in total. The zero-order valence-corrected chi connectivity index (χ0v) is 20.0. The second kappa shape index (κ2) is 20.6. The third kappa shape index (κ3) is 25.9. The zero-order valence-electron chi connectivity index (χ0n) is 17.2. The van der Waals surface area contributed by atoms with Crippen LogP contribution in [0.5, 0.6) is 0 Å². The third-order valence-corrected chi connectivity index (χ3v) is 4.59. The van der Waals surface area contributed by atoms with Gasteiger partial charge in [-0.25, -0.2) is 8.42 Å². The van der Waals surface area contributed by atoms with E-state index in [2.05, 4.69) is 31.2 Å². The van der Waals surface area contributed by atoms with Crippen molar-refractivity contribution in [2.45, 2.75) is 84.0 Å². The van der Waals surface area contributed by atoms with Crippen molar-refractivity contribution in [2.75, 3.05) is 12.4 Å². The molecule has 0 unspecified atom stereocenters. The number of ether oxygens (including phenoxy) is 1. The van der Waals surface area contributed by atoms with E-state index in [9.17, 15) is 17.8 Å². The molecule has 0 aliphatic rings. The maximum Gasteiger partial charge on any atom is 1.00 e. The van der Waals surface area contributed by atoms with E-state index in [0.717, 1.165) is 44.9 Å². The average Bonchev–Trinajstić information content (AvgIpc) is 2.57. The molecule has 0 radical (unpaired) electrons. The van der Waals surface area contributed by atoms with Crippen molar-refractivity contribution >= 4 is 16.1 Å². The zero-order chi connectivity index (χ0) is 19.5. The molecule has 152 valence electrons. The Hall–Kier alpha value is -0.140. The molecular formula is C20H35NaO5S. The van der Waals surface area contributed by atoms with Crippen molar-refractivity contribution < 1.29 is 52.1 Å². The second-order valence-electron chi connectivity index (χ2n) is 6.46. The van der Waals surface area contributed by atoms with Gasteiger partial charge in [0.05, 0.1) is 15.9 Å². The first-order valence-electron chi connectivity index (χ1n) is 9.85. The predicted octanol–water partition coefficient (Wildman–Crippen LogP) is 1.89. The van der Waals surface area contributed by atoms with Crippen molar-refractivity contribution in [3.63, 3.8) is 0 Å². The van der Waals surface area contributed by atoms with Gasteiger partial charge >= 0.3 is 35.5 Å². The number of rotatable bonds is 17. The molecule has 0 aromatic heterocycles. The van der Waals surface area contributed by atoms with E-state index in [-0.39, 0.29) is 42.6 Å². The van der Waals surface area contributed by atoms with Crippen LogP contribution in [-0.2, 0) is 19.6 Å². The molecule has 7 heteroatoms. The first-order valence-corrected chi connectivity index (χ1v) is 11.4. The molecule has 0 atom stereocenters. The molecule has 0 rings (SSSR count). The summed E-state index contributed by atoms with van der Waals surface area (Å²) in [5, 5.41) is 0. The predicted molar refractivity (Wildman–Crippen MR) is 105 cm³/mol. The van der Waals surface area contributed by atoms with Gasteiger partial charge in [0.1, 0.15) is 6.61 Å². The van der Waals surface area contributed by atoms with E-state index in [1.807, 2.05) is 0 Å². The number of esters is 1. The Labute approximate surface area is 188 Å². The van der Waals surface area contributed by atoms with E-state index in [1.54, 1.807) is 0 Å². The van der Waals surface area contributed by atoms with Gasteiger partial charge in [-0.05, 0) is 38.5 Å². The molecule has 0 saturated carbocycles. The Morgan fingerprint density at radius 3 is 2.04 bits per heavy atom. The van der Waals surface area contributed by atoms with Crippen LogP contribution in [0.25, 0.3) is 0 Å². The van der Waals surface area contributed by atoms with Crippen LogP contribution in [0.2, 0.25) is 0 Å². The number of carbonyl (C=O) groups is 1. The topological polar surface area (TPSA) is 83.5 Å². The Kier molecular flexibility index (Phi) is 22.2. The standard InChI is InChI=1S/C20H36O5S.Na/c1-2-3-4-5-6-7-8-9-10-11-12-13-14-15-16-17-20(21)25-18-19-26(22,23)24;/h6-7,9-10H,2-5,8,11-19H2,1H3,(H,22,23,24);/q;+1/p-1/b7-6-,10-9-;. The van der Waals surface area contributed by atoms with Gasteiger partial charge in [0.15, 0.2) is 0 Å². The summed E-state index contributed by atoms with van der Waals surface area (Å²) in [5.41, 5.74) is 0. The van der Waals surface area contributed by atoms with Gasteiger partial charge in [0.2, 0.25) is 0 Å². The number of hydrogen-bond donors (Lipinski definition) is 0. The van der Waals surface area contributed by atoms with Crippen LogP contribution in [0.1, 0.15) is 84.0 Å². The van der Waals surface area contributed by atoms with Crippen LogP contribution in [0.4, 0.5) is 0 Å². The summed E-state index contributed by atoms with van der Waals surface area (Å²) in [5.74, 6) is -1.08. The minimum Gasteiger partial charge on any atom is -0.748 e. The van der Waals surface area contributed by atoms with Crippen molar-refractivity contribution in [3.8, 4) is 0 Å². The molecule has 0 heterocycles. The van der Waals surface area contributed by atoms with Gasteiger partial charge in [0.25, 0.3) is 0 Å². The summed E-state index contributed by atoms with van der Waals surface area (Å²) < 4.78 is 35.8. The molecule has 0 aliphatic carbocycles. The summed E-state index contributed by atoms with van der Waals surface area (Å²) in [6.07, 6.45) is 21.5. The van der Waals surface area contributed by atoms with Crippen LogP contribution in [0.15, 0.2) is 24.3 Å². The van der Waals surface area contributed by atoms with Crippen LogP contribution < -0.4 is 29.6 Å². The molecule has 0 fully saturated rings. The molecule has 0 saturated heterocycles. The van der Waals surface area contributed by atoms with Crippen molar-refractivity contribution in [3.05, 3.63) is 24.3 Å². The van der Waals surface area contributed by atoms with E-state index in [4.69, 9.17) is 4.74 Å². The minimum atomic E-state index is -4.31. The van der Waals surface area contributed by atoms with Gasteiger partial charge in [-0.15, -0.1) is 0 Å². The van der Waals surface area contributed by atoms with Gasteiger partial charge < -0.3 is 9.29 Å². The second-order valence-corrected chi connectivity index (χ2v) is 7.99. The van der Waals surface area contributed by atoms with Gasteiger partial charge in [0, 0.05) is 6.42 Å². The Balaban J connectivity index is 0. The summed E-state index contributed by atoms with van der Waals surface area (Å²) in [6.45, 7) is 1.88. The average molecular weight is 411 g/mol. The summed E-state index contributed by atoms with van der Waals surface area (Å²) in [6, 6.07) is 0. The Bertz CT molecular complexity index is 501. The molecule has 0 amide bonds. The summed E-state index contributed by atoms with van der Waals surface area (Å²) in [4.78, 5) is 11.3. The Morgan fingerprint density at radius 1 is 0.889 bits per heavy atom. The molecule has 27 heavy (non-hydrogen) atoms. The molecule has 0 spiro atoms. The Morgan fingerprint density at radius 2 is 1.44 bits per heavy atom.